The van der Waals surface area contributed by atoms with Gasteiger partial charge < -0.3 is 5.32 Å². The van der Waals surface area contributed by atoms with E-state index in [0.717, 1.165) is 11.3 Å². The van der Waals surface area contributed by atoms with Gasteiger partial charge in [-0.25, -0.2) is 0 Å². The van der Waals surface area contributed by atoms with Gasteiger partial charge in [0.05, 0.1) is 0 Å². The van der Waals surface area contributed by atoms with Crippen LogP contribution < -0.4 is 5.32 Å². The summed E-state index contributed by atoms with van der Waals surface area (Å²) in [5, 5.41) is 18.4. The van der Waals surface area contributed by atoms with Crippen LogP contribution in [0.15, 0.2) is 36.4 Å². The summed E-state index contributed by atoms with van der Waals surface area (Å²) in [7, 11) is 0. The van der Waals surface area contributed by atoms with Crippen LogP contribution in [0.25, 0.3) is 5.65 Å². The second-order valence-electron chi connectivity index (χ2n) is 3.70. The summed E-state index contributed by atoms with van der Waals surface area (Å²) in [6.07, 6.45) is 0. The number of nitrogens with one attached hydrogen (secondary N) is 1. The smallest absolute Gasteiger partial charge is 0.200 e. The van der Waals surface area contributed by atoms with E-state index in [2.05, 4.69) is 25.9 Å². The van der Waals surface area contributed by atoms with Crippen LogP contribution in [0.4, 0.5) is 11.5 Å². The summed E-state index contributed by atoms with van der Waals surface area (Å²) >= 11 is 5.73. The normalized spacial score (nSPS) is 10.7. The van der Waals surface area contributed by atoms with Crippen molar-refractivity contribution < 1.29 is 0 Å². The van der Waals surface area contributed by atoms with Crippen molar-refractivity contribution in [3.8, 4) is 0 Å². The number of halogens is 1. The Labute approximate surface area is 108 Å². The molecule has 0 spiro atoms. The molecule has 0 saturated heterocycles. The molecule has 2 heterocycles. The molecule has 0 bridgehead atoms. The molecule has 0 atom stereocenters. The van der Waals surface area contributed by atoms with E-state index in [1.807, 2.05) is 30.3 Å². The van der Waals surface area contributed by atoms with Crippen LogP contribution in [0.3, 0.4) is 0 Å². The fraction of sp³-hybridized carbons (Fsp3) is 0.0909. The van der Waals surface area contributed by atoms with Crippen LogP contribution in [0.5, 0.6) is 0 Å². The van der Waals surface area contributed by atoms with E-state index < -0.39 is 0 Å². The lowest BCUT2D eigenvalue weighted by molar-refractivity contribution is 0.736. The summed E-state index contributed by atoms with van der Waals surface area (Å²) < 4.78 is 1.37. The molecular formula is C11H9ClN6. The van der Waals surface area contributed by atoms with Crippen LogP contribution in [-0.4, -0.2) is 25.3 Å². The van der Waals surface area contributed by atoms with Gasteiger partial charge in [-0.15, -0.1) is 26.4 Å². The average molecular weight is 261 g/mol. The van der Waals surface area contributed by atoms with E-state index in [1.165, 1.54) is 4.63 Å². The van der Waals surface area contributed by atoms with Crippen LogP contribution in [0, 0.1) is 0 Å². The van der Waals surface area contributed by atoms with Crippen molar-refractivity contribution in [2.45, 2.75) is 5.88 Å². The van der Waals surface area contributed by atoms with Crippen molar-refractivity contribution in [2.24, 2.45) is 0 Å². The van der Waals surface area contributed by atoms with Gasteiger partial charge in [0.2, 0.25) is 0 Å². The lowest BCUT2D eigenvalue weighted by Crippen LogP contribution is -2.00. The van der Waals surface area contributed by atoms with E-state index in [4.69, 9.17) is 11.6 Å². The zero-order valence-corrected chi connectivity index (χ0v) is 10.0. The van der Waals surface area contributed by atoms with E-state index >= 15 is 0 Å². The Hall–Kier alpha value is -2.21. The highest BCUT2D eigenvalue weighted by atomic mass is 35.5. The molecule has 90 valence electrons. The number of nitrogens with zero attached hydrogens (tertiary/aromatic N) is 5. The van der Waals surface area contributed by atoms with Crippen molar-refractivity contribution in [1.29, 1.82) is 0 Å². The zero-order valence-electron chi connectivity index (χ0n) is 9.29. The van der Waals surface area contributed by atoms with Crippen LogP contribution in [0.1, 0.15) is 5.56 Å². The minimum Gasteiger partial charge on any atom is -0.339 e. The molecular weight excluding hydrogens is 252 g/mol. The number of hydrogen-bond acceptors (Lipinski definition) is 5. The van der Waals surface area contributed by atoms with Gasteiger partial charge in [0.25, 0.3) is 0 Å². The molecule has 0 unspecified atom stereocenters. The Morgan fingerprint density at radius 1 is 1.11 bits per heavy atom. The minimum atomic E-state index is 0.509. The lowest BCUT2D eigenvalue weighted by Gasteiger charge is -2.05. The fourth-order valence-corrected chi connectivity index (χ4v) is 1.72. The Bertz CT molecular complexity index is 663. The van der Waals surface area contributed by atoms with E-state index in [-0.39, 0.29) is 0 Å². The van der Waals surface area contributed by atoms with E-state index in [0.29, 0.717) is 17.3 Å². The maximum absolute atomic E-state index is 5.73. The standard InChI is InChI=1S/C11H9ClN6/c12-7-8-1-3-9(4-2-8)13-10-5-6-11-14-16-17-18(11)15-10/h1-6H,7H2,(H,13,15). The second-order valence-corrected chi connectivity index (χ2v) is 3.97. The van der Waals surface area contributed by atoms with E-state index in [9.17, 15) is 0 Å². The van der Waals surface area contributed by atoms with Gasteiger partial charge in [-0.05, 0) is 40.3 Å². The first kappa shape index (κ1) is 10.9. The Kier molecular flexibility index (Phi) is 2.77. The van der Waals surface area contributed by atoms with Crippen LogP contribution >= 0.6 is 11.6 Å². The predicted molar refractivity (Wildman–Crippen MR) is 67.9 cm³/mol. The number of alkyl halides is 1. The summed E-state index contributed by atoms with van der Waals surface area (Å²) in [4.78, 5) is 0. The Morgan fingerprint density at radius 3 is 2.72 bits per heavy atom. The van der Waals surface area contributed by atoms with Gasteiger partial charge in [0.15, 0.2) is 11.5 Å². The molecule has 1 aromatic carbocycles. The third kappa shape index (κ3) is 2.10. The molecule has 0 aliphatic carbocycles. The first-order valence-electron chi connectivity index (χ1n) is 5.32. The largest absolute Gasteiger partial charge is 0.339 e. The molecule has 1 N–H and O–H groups in total. The summed E-state index contributed by atoms with van der Waals surface area (Å²) in [5.41, 5.74) is 2.62. The second kappa shape index (κ2) is 4.58. The van der Waals surface area contributed by atoms with Crippen molar-refractivity contribution >= 4 is 28.8 Å². The number of rotatable bonds is 3. The van der Waals surface area contributed by atoms with Gasteiger partial charge in [-0.2, -0.15) is 0 Å². The Morgan fingerprint density at radius 2 is 1.94 bits per heavy atom. The van der Waals surface area contributed by atoms with Crippen LogP contribution in [-0.2, 0) is 5.88 Å². The number of hydrogen-bond donors (Lipinski definition) is 1. The topological polar surface area (TPSA) is 68.0 Å². The first-order chi connectivity index (χ1) is 8.85. The summed E-state index contributed by atoms with van der Waals surface area (Å²) in [6.45, 7) is 0. The van der Waals surface area contributed by atoms with Crippen molar-refractivity contribution in [3.63, 3.8) is 0 Å². The minimum absolute atomic E-state index is 0.509. The number of anilines is 2. The molecule has 18 heavy (non-hydrogen) atoms. The van der Waals surface area contributed by atoms with Crippen molar-refractivity contribution in [3.05, 3.63) is 42.0 Å². The molecule has 0 radical (unpaired) electrons. The maximum Gasteiger partial charge on any atom is 0.200 e. The molecule has 3 rings (SSSR count). The summed E-state index contributed by atoms with van der Waals surface area (Å²) in [6, 6.07) is 11.4. The van der Waals surface area contributed by atoms with Gasteiger partial charge in [0, 0.05) is 11.6 Å². The zero-order chi connectivity index (χ0) is 12.4. The predicted octanol–water partition coefficient (Wildman–Crippen LogP) is 2.00. The van der Waals surface area contributed by atoms with Gasteiger partial charge in [-0.3, -0.25) is 0 Å². The lowest BCUT2D eigenvalue weighted by atomic mass is 10.2. The Balaban J connectivity index is 1.85. The molecule has 0 fully saturated rings. The van der Waals surface area contributed by atoms with Crippen LogP contribution in [0.2, 0.25) is 0 Å². The monoisotopic (exact) mass is 260 g/mol. The molecule has 0 aliphatic rings. The summed E-state index contributed by atoms with van der Waals surface area (Å²) in [5.74, 6) is 1.18. The highest BCUT2D eigenvalue weighted by Crippen LogP contribution is 2.15. The number of tetrazole rings is 1. The molecule has 6 nitrogen and oxygen atoms in total. The third-order valence-electron chi connectivity index (χ3n) is 2.45. The molecule has 2 aromatic heterocycles. The number of fused-ring (bicyclic) bond motifs is 1. The van der Waals surface area contributed by atoms with Gasteiger partial charge in [0.1, 0.15) is 0 Å². The van der Waals surface area contributed by atoms with E-state index in [1.54, 1.807) is 6.07 Å². The molecule has 0 amide bonds. The van der Waals surface area contributed by atoms with Gasteiger partial charge >= 0.3 is 0 Å². The quantitative estimate of drug-likeness (QED) is 0.730. The number of aromatic nitrogens is 5. The third-order valence-corrected chi connectivity index (χ3v) is 2.76. The molecule has 3 aromatic rings. The van der Waals surface area contributed by atoms with Gasteiger partial charge in [-0.1, -0.05) is 12.1 Å². The highest BCUT2D eigenvalue weighted by molar-refractivity contribution is 6.17. The fourth-order valence-electron chi connectivity index (χ4n) is 1.54. The number of benzene rings is 1. The highest BCUT2D eigenvalue weighted by Gasteiger charge is 2.01. The average Bonchev–Trinajstić information content (AvgIpc) is 2.87. The maximum atomic E-state index is 5.73. The first-order valence-corrected chi connectivity index (χ1v) is 5.86. The van der Waals surface area contributed by atoms with Crippen molar-refractivity contribution in [1.82, 2.24) is 25.3 Å². The molecule has 7 heteroatoms. The molecule has 0 aliphatic heterocycles. The van der Waals surface area contributed by atoms with Crippen molar-refractivity contribution in [2.75, 3.05) is 5.32 Å². The SMILES string of the molecule is ClCc1ccc(Nc2ccc3nnnn3n2)cc1. The molecule has 0 saturated carbocycles.